The van der Waals surface area contributed by atoms with E-state index in [-0.39, 0.29) is 40.1 Å². The molecule has 1 fully saturated rings. The summed E-state index contributed by atoms with van der Waals surface area (Å²) in [5.41, 5.74) is 0.908. The second-order valence-corrected chi connectivity index (χ2v) is 9.11. The van der Waals surface area contributed by atoms with Gasteiger partial charge in [0, 0.05) is 64.0 Å². The van der Waals surface area contributed by atoms with Crippen molar-refractivity contribution >= 4 is 29.2 Å². The first-order valence-electron chi connectivity index (χ1n) is 11.4. The minimum Gasteiger partial charge on any atom is -0.336 e. The first-order valence-corrected chi connectivity index (χ1v) is 11.8. The van der Waals surface area contributed by atoms with Crippen LogP contribution < -0.4 is 5.32 Å². The fourth-order valence-electron chi connectivity index (χ4n) is 3.80. The number of hydrogen-bond donors (Lipinski definition) is 1. The largest absolute Gasteiger partial charge is 0.336 e. The number of hydrogen-bond acceptors (Lipinski definition) is 5. The van der Waals surface area contributed by atoms with E-state index in [4.69, 9.17) is 11.6 Å². The molecule has 0 radical (unpaired) electrons. The second-order valence-electron chi connectivity index (χ2n) is 8.71. The Morgan fingerprint density at radius 1 is 1.14 bits per heavy atom. The highest BCUT2D eigenvalue weighted by Gasteiger charge is 2.25. The number of nitrogens with zero attached hydrogens (tertiary/aromatic N) is 4. The highest BCUT2D eigenvalue weighted by atomic mass is 35.5. The number of carbonyl (C=O) groups excluding carboxylic acids is 2. The third-order valence-corrected chi connectivity index (χ3v) is 6.04. The molecular formula is C24H29ClFN5O4. The Kier molecular flexibility index (Phi) is 9.00. The molecule has 0 bridgehead atoms. The van der Waals surface area contributed by atoms with Crippen molar-refractivity contribution < 1.29 is 18.9 Å². The van der Waals surface area contributed by atoms with Crippen LogP contribution >= 0.6 is 11.6 Å². The lowest BCUT2D eigenvalue weighted by Crippen LogP contribution is -2.51. The lowest BCUT2D eigenvalue weighted by Gasteiger charge is -2.36. The highest BCUT2D eigenvalue weighted by molar-refractivity contribution is 6.34. The molecule has 9 nitrogen and oxygen atoms in total. The van der Waals surface area contributed by atoms with E-state index in [1.165, 1.54) is 30.3 Å². The zero-order chi connectivity index (χ0) is 25.5. The SMILES string of the molecule is CC(C)NC(=O)N(CCN1CCN(C(=O)c2ccc([N+](=O)[O-])cc2Cl)CC1)Cc1ccc(F)cc1. The van der Waals surface area contributed by atoms with E-state index in [9.17, 15) is 24.1 Å². The van der Waals surface area contributed by atoms with Gasteiger partial charge in [-0.25, -0.2) is 9.18 Å². The van der Waals surface area contributed by atoms with Gasteiger partial charge in [-0.1, -0.05) is 23.7 Å². The normalized spacial score (nSPS) is 14.1. The molecule has 0 atom stereocenters. The van der Waals surface area contributed by atoms with Crippen molar-refractivity contribution in [1.82, 2.24) is 20.0 Å². The molecule has 0 saturated carbocycles. The zero-order valence-corrected chi connectivity index (χ0v) is 20.5. The van der Waals surface area contributed by atoms with Crippen molar-refractivity contribution in [3.63, 3.8) is 0 Å². The van der Waals surface area contributed by atoms with Crippen molar-refractivity contribution in [2.75, 3.05) is 39.3 Å². The molecule has 3 amide bonds. The molecule has 1 saturated heterocycles. The lowest BCUT2D eigenvalue weighted by atomic mass is 10.1. The molecule has 1 aliphatic rings. The molecule has 0 aliphatic carbocycles. The molecule has 2 aromatic carbocycles. The number of carbonyl (C=O) groups is 2. The van der Waals surface area contributed by atoms with Crippen LogP contribution in [-0.2, 0) is 6.54 Å². The average Bonchev–Trinajstić information content (AvgIpc) is 2.82. The van der Waals surface area contributed by atoms with Crippen LogP contribution in [0.3, 0.4) is 0 Å². The Balaban J connectivity index is 1.56. The standard InChI is InChI=1S/C24H29ClFN5O4/c1-17(2)27-24(33)30(16-18-3-5-19(26)6-4-18)14-11-28-9-12-29(13-10-28)23(32)21-8-7-20(31(34)35)15-22(21)25/h3-8,15,17H,9-14,16H2,1-2H3,(H,27,33). The Hall–Kier alpha value is -3.24. The summed E-state index contributed by atoms with van der Waals surface area (Å²) in [6.45, 7) is 7.41. The summed E-state index contributed by atoms with van der Waals surface area (Å²) in [6.07, 6.45) is 0. The smallest absolute Gasteiger partial charge is 0.317 e. The van der Waals surface area contributed by atoms with Crippen molar-refractivity contribution in [3.8, 4) is 0 Å². The van der Waals surface area contributed by atoms with Crippen LogP contribution in [0.4, 0.5) is 14.9 Å². The number of piperazine rings is 1. The number of urea groups is 1. The van der Waals surface area contributed by atoms with Gasteiger partial charge < -0.3 is 15.1 Å². The minimum atomic E-state index is -0.556. The fourth-order valence-corrected chi connectivity index (χ4v) is 4.05. The third-order valence-electron chi connectivity index (χ3n) is 5.73. The van der Waals surface area contributed by atoms with Crippen LogP contribution in [0.25, 0.3) is 0 Å². The van der Waals surface area contributed by atoms with Crippen LogP contribution in [0.5, 0.6) is 0 Å². The van der Waals surface area contributed by atoms with E-state index in [1.807, 2.05) is 13.8 Å². The zero-order valence-electron chi connectivity index (χ0n) is 19.7. The molecule has 0 aromatic heterocycles. The molecule has 188 valence electrons. The van der Waals surface area contributed by atoms with E-state index < -0.39 is 4.92 Å². The Morgan fingerprint density at radius 2 is 1.80 bits per heavy atom. The second kappa shape index (κ2) is 11.9. The maximum absolute atomic E-state index is 13.3. The number of benzene rings is 2. The third kappa shape index (κ3) is 7.37. The van der Waals surface area contributed by atoms with Crippen LogP contribution in [0.15, 0.2) is 42.5 Å². The first-order chi connectivity index (χ1) is 16.6. The van der Waals surface area contributed by atoms with E-state index in [2.05, 4.69) is 10.2 Å². The predicted molar refractivity (Wildman–Crippen MR) is 131 cm³/mol. The minimum absolute atomic E-state index is 0.0148. The van der Waals surface area contributed by atoms with E-state index in [0.717, 1.165) is 5.56 Å². The number of halogens is 2. The van der Waals surface area contributed by atoms with Crippen molar-refractivity contribution in [2.24, 2.45) is 0 Å². The fraction of sp³-hybridized carbons (Fsp3) is 0.417. The highest BCUT2D eigenvalue weighted by Crippen LogP contribution is 2.24. The molecule has 2 aromatic rings. The predicted octanol–water partition coefficient (Wildman–Crippen LogP) is 3.77. The number of nitrogens with one attached hydrogen (secondary N) is 1. The maximum atomic E-state index is 13.3. The topological polar surface area (TPSA) is 99.0 Å². The summed E-state index contributed by atoms with van der Waals surface area (Å²) >= 11 is 6.11. The monoisotopic (exact) mass is 505 g/mol. The average molecular weight is 506 g/mol. The van der Waals surface area contributed by atoms with Gasteiger partial charge in [-0.3, -0.25) is 19.8 Å². The van der Waals surface area contributed by atoms with Crippen molar-refractivity contribution in [1.29, 1.82) is 0 Å². The van der Waals surface area contributed by atoms with Crippen LogP contribution in [-0.4, -0.2) is 76.9 Å². The van der Waals surface area contributed by atoms with Gasteiger partial charge in [0.25, 0.3) is 11.6 Å². The van der Waals surface area contributed by atoms with E-state index in [1.54, 1.807) is 21.9 Å². The quantitative estimate of drug-likeness (QED) is 0.435. The number of nitro benzene ring substituents is 1. The molecule has 1 aliphatic heterocycles. The van der Waals surface area contributed by atoms with Crippen molar-refractivity contribution in [2.45, 2.75) is 26.4 Å². The number of nitro groups is 1. The summed E-state index contributed by atoms with van der Waals surface area (Å²) < 4.78 is 13.3. The van der Waals surface area contributed by atoms with Gasteiger partial charge in [-0.15, -0.1) is 0 Å². The van der Waals surface area contributed by atoms with Crippen LogP contribution in [0.2, 0.25) is 5.02 Å². The first kappa shape index (κ1) is 26.4. The van der Waals surface area contributed by atoms with Gasteiger partial charge in [0.05, 0.1) is 15.5 Å². The van der Waals surface area contributed by atoms with Gasteiger partial charge in [0.15, 0.2) is 0 Å². The summed E-state index contributed by atoms with van der Waals surface area (Å²) in [4.78, 5) is 41.4. The number of amides is 3. The molecule has 1 N–H and O–H groups in total. The molecule has 0 unspecified atom stereocenters. The lowest BCUT2D eigenvalue weighted by molar-refractivity contribution is -0.384. The van der Waals surface area contributed by atoms with E-state index >= 15 is 0 Å². The van der Waals surface area contributed by atoms with Gasteiger partial charge in [0.2, 0.25) is 0 Å². The Labute approximate surface area is 208 Å². The van der Waals surface area contributed by atoms with Crippen LogP contribution in [0.1, 0.15) is 29.8 Å². The molecule has 1 heterocycles. The summed E-state index contributed by atoms with van der Waals surface area (Å²) in [7, 11) is 0. The van der Waals surface area contributed by atoms with Gasteiger partial charge in [-0.05, 0) is 37.6 Å². The van der Waals surface area contributed by atoms with Crippen LogP contribution in [0, 0.1) is 15.9 Å². The van der Waals surface area contributed by atoms with E-state index in [0.29, 0.717) is 45.8 Å². The molecular weight excluding hydrogens is 477 g/mol. The summed E-state index contributed by atoms with van der Waals surface area (Å²) in [5.74, 6) is -0.590. The number of rotatable bonds is 8. The van der Waals surface area contributed by atoms with Gasteiger partial charge in [0.1, 0.15) is 5.82 Å². The molecule has 35 heavy (non-hydrogen) atoms. The molecule has 11 heteroatoms. The summed E-state index contributed by atoms with van der Waals surface area (Å²) in [5, 5.41) is 13.9. The number of non-ortho nitro benzene ring substituents is 1. The molecule has 3 rings (SSSR count). The summed E-state index contributed by atoms with van der Waals surface area (Å²) in [6, 6.07) is 9.72. The Morgan fingerprint density at radius 3 is 2.37 bits per heavy atom. The van der Waals surface area contributed by atoms with Gasteiger partial charge in [-0.2, -0.15) is 0 Å². The molecule has 0 spiro atoms. The maximum Gasteiger partial charge on any atom is 0.317 e. The Bertz CT molecular complexity index is 1060. The van der Waals surface area contributed by atoms with Crippen molar-refractivity contribution in [3.05, 3.63) is 74.5 Å². The van der Waals surface area contributed by atoms with Gasteiger partial charge >= 0.3 is 6.03 Å².